The van der Waals surface area contributed by atoms with Crippen molar-refractivity contribution in [1.82, 2.24) is 9.21 Å². The first-order valence-electron chi connectivity index (χ1n) is 10.4. The number of nitrogens with zero attached hydrogens (tertiary/aromatic N) is 2. The van der Waals surface area contributed by atoms with Gasteiger partial charge in [0.15, 0.2) is 0 Å². The van der Waals surface area contributed by atoms with E-state index in [0.29, 0.717) is 49.8 Å². The van der Waals surface area contributed by atoms with Crippen molar-refractivity contribution in [1.29, 1.82) is 0 Å². The molecule has 29 heavy (non-hydrogen) atoms. The molecule has 1 N–H and O–H groups in total. The van der Waals surface area contributed by atoms with Crippen LogP contribution >= 0.6 is 11.8 Å². The lowest BCUT2D eigenvalue weighted by Crippen LogP contribution is -2.51. The van der Waals surface area contributed by atoms with Gasteiger partial charge in [-0.05, 0) is 37.1 Å². The molecule has 1 amide bonds. The number of anilines is 1. The van der Waals surface area contributed by atoms with Gasteiger partial charge in [0.1, 0.15) is 0 Å². The predicted octanol–water partition coefficient (Wildman–Crippen LogP) is 2.01. The van der Waals surface area contributed by atoms with Crippen LogP contribution in [0.3, 0.4) is 0 Å². The van der Waals surface area contributed by atoms with E-state index >= 15 is 0 Å². The molecule has 2 aliphatic heterocycles. The highest BCUT2D eigenvalue weighted by molar-refractivity contribution is 8.00. The number of thioether (sulfide) groups is 1. The number of hydrogen-bond donors (Lipinski definition) is 1. The molecule has 0 radical (unpaired) electrons. The normalized spacial score (nSPS) is 26.6. The van der Waals surface area contributed by atoms with Crippen LogP contribution in [0.2, 0.25) is 0 Å². The molecule has 0 aromatic heterocycles. The van der Waals surface area contributed by atoms with Gasteiger partial charge in [-0.1, -0.05) is 12.8 Å². The Morgan fingerprint density at radius 3 is 2.59 bits per heavy atom. The zero-order chi connectivity index (χ0) is 20.3. The quantitative estimate of drug-likeness (QED) is 0.756. The molecule has 1 aliphatic carbocycles. The maximum absolute atomic E-state index is 12.7. The molecule has 2 atom stereocenters. The second kappa shape index (κ2) is 9.34. The maximum Gasteiger partial charge on any atom is 0.243 e. The highest BCUT2D eigenvalue weighted by Gasteiger charge is 2.34. The fraction of sp³-hybridized carbons (Fsp3) is 0.650. The van der Waals surface area contributed by atoms with Crippen LogP contribution in [-0.2, 0) is 19.6 Å². The summed E-state index contributed by atoms with van der Waals surface area (Å²) in [5.74, 6) is 1.05. The number of morpholine rings is 1. The molecule has 1 saturated carbocycles. The number of rotatable bonds is 5. The van der Waals surface area contributed by atoms with Gasteiger partial charge >= 0.3 is 0 Å². The summed E-state index contributed by atoms with van der Waals surface area (Å²) >= 11 is 2.06. The van der Waals surface area contributed by atoms with E-state index in [9.17, 15) is 13.2 Å². The Morgan fingerprint density at radius 2 is 1.83 bits per heavy atom. The van der Waals surface area contributed by atoms with Crippen LogP contribution in [-0.4, -0.2) is 80.0 Å². The Bertz CT molecular complexity index is 808. The minimum Gasteiger partial charge on any atom is -0.379 e. The molecular formula is C20H29N3O4S2. The SMILES string of the molecule is O=C(CN1CCS[C@H]2CCCC[C@@H]21)Nc1ccc(S(=O)(=O)N2CCOCC2)cc1. The molecule has 4 rings (SSSR count). The Morgan fingerprint density at radius 1 is 1.10 bits per heavy atom. The fourth-order valence-corrected chi connectivity index (χ4v) is 7.32. The zero-order valence-electron chi connectivity index (χ0n) is 16.6. The lowest BCUT2D eigenvalue weighted by molar-refractivity contribution is -0.118. The number of sulfonamides is 1. The van der Waals surface area contributed by atoms with Crippen molar-refractivity contribution < 1.29 is 17.9 Å². The van der Waals surface area contributed by atoms with Crippen molar-refractivity contribution in [2.45, 2.75) is 41.9 Å². The summed E-state index contributed by atoms with van der Waals surface area (Å²) in [6.07, 6.45) is 4.98. The molecule has 2 heterocycles. The third-order valence-corrected chi connectivity index (χ3v) is 9.25. The number of ether oxygens (including phenoxy) is 1. The monoisotopic (exact) mass is 439 g/mol. The van der Waals surface area contributed by atoms with E-state index in [4.69, 9.17) is 4.74 Å². The van der Waals surface area contributed by atoms with Crippen LogP contribution in [0.1, 0.15) is 25.7 Å². The second-order valence-electron chi connectivity index (χ2n) is 7.82. The van der Waals surface area contributed by atoms with Gasteiger partial charge in [0.05, 0.1) is 24.7 Å². The number of carbonyl (C=O) groups is 1. The number of benzene rings is 1. The molecule has 3 aliphatic rings. The molecule has 9 heteroatoms. The average molecular weight is 440 g/mol. The Hall–Kier alpha value is -1.13. The van der Waals surface area contributed by atoms with Gasteiger partial charge in [0, 0.05) is 42.4 Å². The van der Waals surface area contributed by atoms with E-state index in [2.05, 4.69) is 22.0 Å². The summed E-state index contributed by atoms with van der Waals surface area (Å²) in [6.45, 7) is 2.94. The van der Waals surface area contributed by atoms with Crippen molar-refractivity contribution in [3.8, 4) is 0 Å². The average Bonchev–Trinajstić information content (AvgIpc) is 2.75. The van der Waals surface area contributed by atoms with Crippen molar-refractivity contribution in [2.24, 2.45) is 0 Å². The summed E-state index contributed by atoms with van der Waals surface area (Å²) < 4.78 is 32.1. The molecule has 0 bridgehead atoms. The molecule has 160 valence electrons. The first kappa shape index (κ1) is 21.1. The van der Waals surface area contributed by atoms with E-state index < -0.39 is 10.0 Å². The molecular weight excluding hydrogens is 410 g/mol. The Labute approximate surface area is 177 Å². The largest absolute Gasteiger partial charge is 0.379 e. The van der Waals surface area contributed by atoms with Crippen LogP contribution in [0.25, 0.3) is 0 Å². The van der Waals surface area contributed by atoms with Crippen molar-refractivity contribution in [2.75, 3.05) is 50.5 Å². The number of carbonyl (C=O) groups excluding carboxylic acids is 1. The van der Waals surface area contributed by atoms with Gasteiger partial charge in [0.25, 0.3) is 0 Å². The highest BCUT2D eigenvalue weighted by atomic mass is 32.2. The van der Waals surface area contributed by atoms with E-state index in [1.165, 1.54) is 30.0 Å². The van der Waals surface area contributed by atoms with Crippen LogP contribution < -0.4 is 5.32 Å². The summed E-state index contributed by atoms with van der Waals surface area (Å²) in [5, 5.41) is 3.59. The number of nitrogens with one attached hydrogen (secondary N) is 1. The van der Waals surface area contributed by atoms with E-state index in [-0.39, 0.29) is 10.8 Å². The van der Waals surface area contributed by atoms with E-state index in [0.717, 1.165) is 12.3 Å². The maximum atomic E-state index is 12.7. The first-order chi connectivity index (χ1) is 14.0. The van der Waals surface area contributed by atoms with Crippen LogP contribution in [0.15, 0.2) is 29.2 Å². The lowest BCUT2D eigenvalue weighted by Gasteiger charge is -2.43. The Balaban J connectivity index is 1.35. The standard InChI is InChI=1S/C20H29N3O4S2/c24-20(15-22-11-14-28-19-4-2-1-3-18(19)22)21-16-5-7-17(8-6-16)29(25,26)23-9-12-27-13-10-23/h5-8,18-19H,1-4,9-15H2,(H,21,24)/t18-,19-/m0/s1. The van der Waals surface area contributed by atoms with E-state index in [1.54, 1.807) is 24.3 Å². The lowest BCUT2D eigenvalue weighted by atomic mass is 9.93. The van der Waals surface area contributed by atoms with Gasteiger partial charge in [-0.3, -0.25) is 9.69 Å². The van der Waals surface area contributed by atoms with Crippen LogP contribution in [0, 0.1) is 0 Å². The van der Waals surface area contributed by atoms with Crippen LogP contribution in [0.5, 0.6) is 0 Å². The molecule has 7 nitrogen and oxygen atoms in total. The second-order valence-corrected chi connectivity index (χ2v) is 11.1. The minimum atomic E-state index is -3.51. The minimum absolute atomic E-state index is 0.0370. The van der Waals surface area contributed by atoms with Gasteiger partial charge < -0.3 is 10.1 Å². The topological polar surface area (TPSA) is 79.0 Å². The van der Waals surface area contributed by atoms with Crippen LogP contribution in [0.4, 0.5) is 5.69 Å². The first-order valence-corrected chi connectivity index (χ1v) is 12.9. The molecule has 3 fully saturated rings. The molecule has 0 unspecified atom stereocenters. The van der Waals surface area contributed by atoms with Crippen molar-refractivity contribution in [3.05, 3.63) is 24.3 Å². The van der Waals surface area contributed by atoms with Crippen molar-refractivity contribution in [3.63, 3.8) is 0 Å². The number of hydrogen-bond acceptors (Lipinski definition) is 6. The number of amides is 1. The van der Waals surface area contributed by atoms with E-state index in [1.807, 2.05) is 0 Å². The summed E-state index contributed by atoms with van der Waals surface area (Å²) in [6, 6.07) is 6.97. The smallest absolute Gasteiger partial charge is 0.243 e. The van der Waals surface area contributed by atoms with Gasteiger partial charge in [0.2, 0.25) is 15.9 Å². The summed E-state index contributed by atoms with van der Waals surface area (Å²) in [4.78, 5) is 15.2. The number of fused-ring (bicyclic) bond motifs is 1. The van der Waals surface area contributed by atoms with Crippen molar-refractivity contribution >= 4 is 33.4 Å². The molecule has 1 aromatic carbocycles. The highest BCUT2D eigenvalue weighted by Crippen LogP contribution is 2.35. The zero-order valence-corrected chi connectivity index (χ0v) is 18.2. The fourth-order valence-electron chi connectivity index (χ4n) is 4.40. The summed E-state index contributed by atoms with van der Waals surface area (Å²) in [7, 11) is -3.51. The third-order valence-electron chi connectivity index (χ3n) is 5.94. The molecule has 1 aromatic rings. The van der Waals surface area contributed by atoms with Gasteiger partial charge in [-0.25, -0.2) is 8.42 Å². The Kier molecular flexibility index (Phi) is 6.80. The third kappa shape index (κ3) is 4.96. The predicted molar refractivity (Wildman–Crippen MR) is 115 cm³/mol. The van der Waals surface area contributed by atoms with Gasteiger partial charge in [-0.15, -0.1) is 0 Å². The summed E-state index contributed by atoms with van der Waals surface area (Å²) in [5.41, 5.74) is 0.627. The molecule has 2 saturated heterocycles. The van der Waals surface area contributed by atoms with Gasteiger partial charge in [-0.2, -0.15) is 16.1 Å². The molecule has 0 spiro atoms.